The highest BCUT2D eigenvalue weighted by Crippen LogP contribution is 2.33. The number of imidazole rings is 1. The third-order valence-electron chi connectivity index (χ3n) is 5.67. The van der Waals surface area contributed by atoms with Gasteiger partial charge in [0.25, 0.3) is 0 Å². The first kappa shape index (κ1) is 17.6. The van der Waals surface area contributed by atoms with Crippen molar-refractivity contribution >= 4 is 22.6 Å². The second-order valence-corrected chi connectivity index (χ2v) is 8.05. The highest BCUT2D eigenvalue weighted by molar-refractivity contribution is 6.32. The Morgan fingerprint density at radius 2 is 1.92 bits per heavy atom. The Morgan fingerprint density at radius 3 is 2.73 bits per heavy atom. The summed E-state index contributed by atoms with van der Waals surface area (Å²) in [6.45, 7) is 8.49. The van der Waals surface area contributed by atoms with Gasteiger partial charge in [-0.15, -0.1) is 0 Å². The molecule has 4 heteroatoms. The molecule has 0 radical (unpaired) electrons. The first-order chi connectivity index (χ1) is 12.5. The highest BCUT2D eigenvalue weighted by atomic mass is 35.5. The van der Waals surface area contributed by atoms with Crippen molar-refractivity contribution in [2.45, 2.75) is 52.6 Å². The highest BCUT2D eigenvalue weighted by Gasteiger charge is 2.26. The summed E-state index contributed by atoms with van der Waals surface area (Å²) in [7, 11) is 0. The molecule has 3 aromatic rings. The van der Waals surface area contributed by atoms with E-state index in [1.54, 1.807) is 0 Å². The summed E-state index contributed by atoms with van der Waals surface area (Å²) < 4.78 is 0. The molecule has 1 saturated heterocycles. The third-order valence-corrected chi connectivity index (χ3v) is 6.07. The fourth-order valence-corrected chi connectivity index (χ4v) is 4.10. The largest absolute Gasteiger partial charge is 0.341 e. The van der Waals surface area contributed by atoms with Gasteiger partial charge in [-0.25, -0.2) is 4.98 Å². The Labute approximate surface area is 160 Å². The summed E-state index contributed by atoms with van der Waals surface area (Å²) in [5.41, 5.74) is 7.23. The summed E-state index contributed by atoms with van der Waals surface area (Å²) in [6, 6.07) is 11.2. The van der Waals surface area contributed by atoms with Crippen LogP contribution in [0.25, 0.3) is 11.0 Å². The molecular formula is C22H26ClN3. The number of aromatic amines is 1. The minimum atomic E-state index is 0.344. The first-order valence-electron chi connectivity index (χ1n) is 9.47. The monoisotopic (exact) mass is 367 g/mol. The van der Waals surface area contributed by atoms with Crippen LogP contribution >= 0.6 is 11.6 Å². The standard InChI is InChI=1S/C22H26ClN3/c1-14-7-8-17(10-15(14)2)13-26-9-5-4-6-21(26)22-24-19-11-16(3)18(23)12-20(19)25-22/h7-8,10-12,21H,4-6,9,13H2,1-3H3,(H,24,25). The van der Waals surface area contributed by atoms with Gasteiger partial charge < -0.3 is 4.98 Å². The van der Waals surface area contributed by atoms with Gasteiger partial charge in [0, 0.05) is 11.6 Å². The van der Waals surface area contributed by atoms with Crippen LogP contribution in [0, 0.1) is 20.8 Å². The molecule has 3 nitrogen and oxygen atoms in total. The number of aromatic nitrogens is 2. The van der Waals surface area contributed by atoms with Gasteiger partial charge in [-0.3, -0.25) is 4.90 Å². The lowest BCUT2D eigenvalue weighted by Crippen LogP contribution is -2.33. The average Bonchev–Trinajstić information content (AvgIpc) is 3.01. The SMILES string of the molecule is Cc1ccc(CN2CCCCC2c2nc3cc(C)c(Cl)cc3[nH]2)cc1C. The van der Waals surface area contributed by atoms with Crippen molar-refractivity contribution in [1.29, 1.82) is 0 Å². The van der Waals surface area contributed by atoms with Crippen molar-refractivity contribution in [3.63, 3.8) is 0 Å². The van der Waals surface area contributed by atoms with Crippen LogP contribution in [0.1, 0.15) is 53.4 Å². The van der Waals surface area contributed by atoms with E-state index in [0.29, 0.717) is 6.04 Å². The van der Waals surface area contributed by atoms with Gasteiger partial charge in [0.15, 0.2) is 0 Å². The summed E-state index contributed by atoms with van der Waals surface area (Å²) in [6.07, 6.45) is 3.66. The number of halogens is 1. The summed E-state index contributed by atoms with van der Waals surface area (Å²) >= 11 is 6.29. The van der Waals surface area contributed by atoms with Crippen molar-refractivity contribution in [1.82, 2.24) is 14.9 Å². The number of nitrogens with zero attached hydrogens (tertiary/aromatic N) is 2. The zero-order chi connectivity index (χ0) is 18.3. The van der Waals surface area contributed by atoms with Crippen LogP contribution in [0.2, 0.25) is 5.02 Å². The molecule has 0 saturated carbocycles. The molecule has 4 rings (SSSR count). The number of benzene rings is 2. The Bertz CT molecular complexity index is 905. The van der Waals surface area contributed by atoms with Gasteiger partial charge in [0.2, 0.25) is 0 Å². The number of hydrogen-bond acceptors (Lipinski definition) is 2. The Kier molecular flexibility index (Phi) is 4.76. The topological polar surface area (TPSA) is 31.9 Å². The fourth-order valence-electron chi connectivity index (χ4n) is 3.94. The lowest BCUT2D eigenvalue weighted by atomic mass is 9.99. The number of nitrogens with one attached hydrogen (secondary N) is 1. The predicted octanol–water partition coefficient (Wildman–Crippen LogP) is 5.87. The molecule has 2 heterocycles. The summed E-state index contributed by atoms with van der Waals surface area (Å²) in [5.74, 6) is 1.07. The van der Waals surface area contributed by atoms with E-state index in [4.69, 9.17) is 16.6 Å². The number of piperidine rings is 1. The van der Waals surface area contributed by atoms with Crippen molar-refractivity contribution in [3.05, 3.63) is 63.4 Å². The van der Waals surface area contributed by atoms with Crippen molar-refractivity contribution < 1.29 is 0 Å². The molecule has 1 unspecified atom stereocenters. The van der Waals surface area contributed by atoms with Crippen LogP contribution < -0.4 is 0 Å². The van der Waals surface area contributed by atoms with Crippen LogP contribution in [0.15, 0.2) is 30.3 Å². The number of aryl methyl sites for hydroxylation is 3. The zero-order valence-corrected chi connectivity index (χ0v) is 16.5. The molecule has 1 fully saturated rings. The van der Waals surface area contributed by atoms with Crippen LogP contribution in [0.3, 0.4) is 0 Å². The Balaban J connectivity index is 1.63. The van der Waals surface area contributed by atoms with Gasteiger partial charge in [-0.1, -0.05) is 36.2 Å². The normalized spacial score (nSPS) is 18.5. The number of hydrogen-bond donors (Lipinski definition) is 1. The van der Waals surface area contributed by atoms with E-state index in [2.05, 4.69) is 48.0 Å². The molecule has 1 atom stereocenters. The Morgan fingerprint density at radius 1 is 1.08 bits per heavy atom. The molecule has 0 bridgehead atoms. The van der Waals surface area contributed by atoms with Gasteiger partial charge in [-0.05, 0) is 74.5 Å². The maximum atomic E-state index is 6.29. The predicted molar refractivity (Wildman–Crippen MR) is 109 cm³/mol. The molecule has 2 aromatic carbocycles. The van der Waals surface area contributed by atoms with E-state index in [1.165, 1.54) is 29.5 Å². The lowest BCUT2D eigenvalue weighted by molar-refractivity contribution is 0.134. The molecule has 1 aromatic heterocycles. The molecule has 0 spiro atoms. The number of rotatable bonds is 3. The van der Waals surface area contributed by atoms with Crippen LogP contribution in [-0.4, -0.2) is 21.4 Å². The van der Waals surface area contributed by atoms with Gasteiger partial charge in [0.05, 0.1) is 17.1 Å². The first-order valence-corrected chi connectivity index (χ1v) is 9.85. The van der Waals surface area contributed by atoms with E-state index in [9.17, 15) is 0 Å². The maximum absolute atomic E-state index is 6.29. The van der Waals surface area contributed by atoms with Crippen molar-refractivity contribution in [2.24, 2.45) is 0 Å². The third kappa shape index (κ3) is 3.38. The number of H-pyrrole nitrogens is 1. The van der Waals surface area contributed by atoms with Crippen LogP contribution in [-0.2, 0) is 6.54 Å². The summed E-state index contributed by atoms with van der Waals surface area (Å²) in [5, 5.41) is 0.795. The van der Waals surface area contributed by atoms with E-state index in [-0.39, 0.29) is 0 Å². The van der Waals surface area contributed by atoms with E-state index < -0.39 is 0 Å². The second kappa shape index (κ2) is 7.05. The maximum Gasteiger partial charge on any atom is 0.124 e. The average molecular weight is 368 g/mol. The Hall–Kier alpha value is -1.84. The van der Waals surface area contributed by atoms with E-state index in [0.717, 1.165) is 47.0 Å². The molecule has 1 aliphatic heterocycles. The zero-order valence-electron chi connectivity index (χ0n) is 15.8. The molecule has 1 aliphatic rings. The van der Waals surface area contributed by atoms with Crippen molar-refractivity contribution in [3.8, 4) is 0 Å². The molecular weight excluding hydrogens is 342 g/mol. The number of fused-ring (bicyclic) bond motifs is 1. The van der Waals surface area contributed by atoms with Crippen LogP contribution in [0.5, 0.6) is 0 Å². The smallest absolute Gasteiger partial charge is 0.124 e. The molecule has 1 N–H and O–H groups in total. The minimum absolute atomic E-state index is 0.344. The van der Waals surface area contributed by atoms with Gasteiger partial charge >= 0.3 is 0 Å². The molecule has 26 heavy (non-hydrogen) atoms. The van der Waals surface area contributed by atoms with Gasteiger partial charge in [0.1, 0.15) is 5.82 Å². The van der Waals surface area contributed by atoms with E-state index >= 15 is 0 Å². The molecule has 0 aliphatic carbocycles. The molecule has 136 valence electrons. The van der Waals surface area contributed by atoms with E-state index in [1.807, 2.05) is 13.0 Å². The fraction of sp³-hybridized carbons (Fsp3) is 0.409. The quantitative estimate of drug-likeness (QED) is 0.627. The number of likely N-dealkylation sites (tertiary alicyclic amines) is 1. The van der Waals surface area contributed by atoms with Gasteiger partial charge in [-0.2, -0.15) is 0 Å². The second-order valence-electron chi connectivity index (χ2n) is 7.64. The summed E-state index contributed by atoms with van der Waals surface area (Å²) in [4.78, 5) is 11.0. The lowest BCUT2D eigenvalue weighted by Gasteiger charge is -2.34. The van der Waals surface area contributed by atoms with Crippen molar-refractivity contribution in [2.75, 3.05) is 6.54 Å². The minimum Gasteiger partial charge on any atom is -0.341 e. The van der Waals surface area contributed by atoms with Crippen LogP contribution in [0.4, 0.5) is 0 Å². The molecule has 0 amide bonds.